The number of nitrogens with zero attached hydrogens (tertiary/aromatic N) is 2. The van der Waals surface area contributed by atoms with Gasteiger partial charge in [0.05, 0.1) is 6.20 Å². The van der Waals surface area contributed by atoms with E-state index in [0.29, 0.717) is 27.5 Å². The zero-order valence-electron chi connectivity index (χ0n) is 11.8. The van der Waals surface area contributed by atoms with Crippen molar-refractivity contribution in [3.05, 3.63) is 35.4 Å². The van der Waals surface area contributed by atoms with Crippen LogP contribution >= 0.6 is 11.3 Å². The average molecular weight is 318 g/mol. The Hall–Kier alpha value is -1.86. The summed E-state index contributed by atoms with van der Waals surface area (Å²) in [6.07, 6.45) is 6.27. The highest BCUT2D eigenvalue weighted by molar-refractivity contribution is 7.16. The minimum atomic E-state index is -0.549. The van der Waals surface area contributed by atoms with Crippen molar-refractivity contribution in [2.75, 3.05) is 0 Å². The van der Waals surface area contributed by atoms with Crippen LogP contribution in [0.25, 0.3) is 10.6 Å². The van der Waals surface area contributed by atoms with E-state index in [1.54, 1.807) is 12.3 Å². The molecule has 0 aliphatic carbocycles. The normalized spacial score (nSPS) is 26.3. The van der Waals surface area contributed by atoms with Crippen LogP contribution in [0.4, 0.5) is 4.39 Å². The number of hydrogen-bond acceptors (Lipinski definition) is 5. The van der Waals surface area contributed by atoms with Gasteiger partial charge in [0.15, 0.2) is 0 Å². The molecule has 1 amide bonds. The number of pyridine rings is 1. The Morgan fingerprint density at radius 3 is 3.05 bits per heavy atom. The number of aromatic nitrogens is 2. The summed E-state index contributed by atoms with van der Waals surface area (Å²) in [4.78, 5) is 20.6. The van der Waals surface area contributed by atoms with Crippen LogP contribution in [0.3, 0.4) is 0 Å². The highest BCUT2D eigenvalue weighted by Crippen LogP contribution is 2.29. The molecule has 22 heavy (non-hydrogen) atoms. The Morgan fingerprint density at radius 2 is 2.32 bits per heavy atom. The molecule has 0 aromatic carbocycles. The number of rotatable bonds is 3. The lowest BCUT2D eigenvalue weighted by atomic mass is 9.95. The third-order valence-corrected chi connectivity index (χ3v) is 5.36. The van der Waals surface area contributed by atoms with E-state index in [1.807, 2.05) is 0 Å². The molecule has 3 atom stereocenters. The summed E-state index contributed by atoms with van der Waals surface area (Å²) in [5.74, 6) is -0.649. The van der Waals surface area contributed by atoms with Gasteiger partial charge in [0.25, 0.3) is 5.91 Å². The Morgan fingerprint density at radius 1 is 1.41 bits per heavy atom. The Balaban J connectivity index is 1.48. The third kappa shape index (κ3) is 2.50. The molecule has 2 aromatic rings. The Bertz CT molecular complexity index is 719. The van der Waals surface area contributed by atoms with Crippen molar-refractivity contribution in [1.29, 1.82) is 0 Å². The van der Waals surface area contributed by atoms with Gasteiger partial charge in [-0.25, -0.2) is 9.97 Å². The van der Waals surface area contributed by atoms with E-state index in [9.17, 15) is 9.18 Å². The van der Waals surface area contributed by atoms with Gasteiger partial charge in [-0.2, -0.15) is 4.39 Å². The van der Waals surface area contributed by atoms with E-state index >= 15 is 0 Å². The van der Waals surface area contributed by atoms with Crippen molar-refractivity contribution in [1.82, 2.24) is 20.6 Å². The first kappa shape index (κ1) is 13.8. The van der Waals surface area contributed by atoms with Crippen molar-refractivity contribution in [3.8, 4) is 10.6 Å². The molecule has 2 aliphatic rings. The van der Waals surface area contributed by atoms with E-state index in [1.165, 1.54) is 30.0 Å². The molecule has 0 radical (unpaired) electrons. The smallest absolute Gasteiger partial charge is 0.263 e. The van der Waals surface area contributed by atoms with Crippen LogP contribution in [-0.4, -0.2) is 34.0 Å². The molecular weight excluding hydrogens is 303 g/mol. The lowest BCUT2D eigenvalue weighted by Gasteiger charge is -2.20. The minimum absolute atomic E-state index is 0.0994. The maximum atomic E-state index is 13.2. The predicted molar refractivity (Wildman–Crippen MR) is 81.1 cm³/mol. The average Bonchev–Trinajstić information content (AvgIpc) is 3.23. The van der Waals surface area contributed by atoms with Crippen molar-refractivity contribution in [2.24, 2.45) is 0 Å². The summed E-state index contributed by atoms with van der Waals surface area (Å²) in [6, 6.07) is 4.15. The van der Waals surface area contributed by atoms with Crippen molar-refractivity contribution in [2.45, 2.75) is 37.4 Å². The number of fused-ring (bicyclic) bond motifs is 2. The lowest BCUT2D eigenvalue weighted by Crippen LogP contribution is -2.42. The molecule has 3 unspecified atom stereocenters. The van der Waals surface area contributed by atoms with Crippen LogP contribution in [0, 0.1) is 5.95 Å². The third-order valence-electron chi connectivity index (χ3n) is 4.32. The number of carbonyl (C=O) groups is 1. The van der Waals surface area contributed by atoms with Crippen LogP contribution in [0.15, 0.2) is 24.5 Å². The maximum Gasteiger partial charge on any atom is 0.263 e. The number of carbonyl (C=O) groups excluding carboxylic acids is 1. The van der Waals surface area contributed by atoms with Gasteiger partial charge in [-0.3, -0.25) is 4.79 Å². The highest BCUT2D eigenvalue weighted by atomic mass is 32.1. The number of nitrogens with one attached hydrogen (secondary N) is 2. The molecule has 4 rings (SSSR count). The summed E-state index contributed by atoms with van der Waals surface area (Å²) < 4.78 is 13.2. The maximum absolute atomic E-state index is 13.2. The molecule has 2 aliphatic heterocycles. The second-order valence-electron chi connectivity index (χ2n) is 5.76. The van der Waals surface area contributed by atoms with Crippen molar-refractivity contribution < 1.29 is 9.18 Å². The molecule has 4 heterocycles. The number of thiazole rings is 1. The van der Waals surface area contributed by atoms with E-state index in [2.05, 4.69) is 20.6 Å². The summed E-state index contributed by atoms with van der Waals surface area (Å²) in [5.41, 5.74) is 0.637. The lowest BCUT2D eigenvalue weighted by molar-refractivity contribution is 0.0935. The molecule has 2 aromatic heterocycles. The largest absolute Gasteiger partial charge is 0.347 e. The second-order valence-corrected chi connectivity index (χ2v) is 6.79. The minimum Gasteiger partial charge on any atom is -0.347 e. The molecular formula is C15H15FN4OS. The van der Waals surface area contributed by atoms with E-state index in [-0.39, 0.29) is 11.9 Å². The molecule has 7 heteroatoms. The van der Waals surface area contributed by atoms with Crippen LogP contribution in [0.2, 0.25) is 0 Å². The monoisotopic (exact) mass is 318 g/mol. The molecule has 0 spiro atoms. The van der Waals surface area contributed by atoms with Gasteiger partial charge in [-0.05, 0) is 25.3 Å². The summed E-state index contributed by atoms with van der Waals surface area (Å²) >= 11 is 1.27. The number of halogens is 1. The molecule has 2 bridgehead atoms. The quantitative estimate of drug-likeness (QED) is 0.849. The van der Waals surface area contributed by atoms with Gasteiger partial charge in [0, 0.05) is 36.0 Å². The fraction of sp³-hybridized carbons (Fsp3) is 0.400. The number of hydrogen-bond donors (Lipinski definition) is 2. The van der Waals surface area contributed by atoms with Crippen LogP contribution < -0.4 is 10.6 Å². The van der Waals surface area contributed by atoms with Gasteiger partial charge in [-0.1, -0.05) is 0 Å². The van der Waals surface area contributed by atoms with Gasteiger partial charge in [0.2, 0.25) is 5.95 Å². The highest BCUT2D eigenvalue weighted by Gasteiger charge is 2.39. The summed E-state index contributed by atoms with van der Waals surface area (Å²) in [6.45, 7) is 0. The summed E-state index contributed by atoms with van der Waals surface area (Å²) in [5, 5.41) is 7.20. The van der Waals surface area contributed by atoms with Crippen LogP contribution in [0.1, 0.15) is 28.9 Å². The first-order chi connectivity index (χ1) is 10.7. The fourth-order valence-corrected chi connectivity index (χ4v) is 4.09. The van der Waals surface area contributed by atoms with Gasteiger partial charge < -0.3 is 10.6 Å². The van der Waals surface area contributed by atoms with Crippen molar-refractivity contribution >= 4 is 17.2 Å². The second kappa shape index (κ2) is 5.40. The van der Waals surface area contributed by atoms with Crippen LogP contribution in [0.5, 0.6) is 0 Å². The molecule has 2 N–H and O–H groups in total. The zero-order chi connectivity index (χ0) is 15.1. The van der Waals surface area contributed by atoms with Crippen LogP contribution in [-0.2, 0) is 0 Å². The molecule has 2 saturated heterocycles. The molecule has 5 nitrogen and oxygen atoms in total. The topological polar surface area (TPSA) is 66.9 Å². The van der Waals surface area contributed by atoms with Gasteiger partial charge in [-0.15, -0.1) is 11.3 Å². The van der Waals surface area contributed by atoms with Gasteiger partial charge in [0.1, 0.15) is 9.88 Å². The molecule has 2 fully saturated rings. The Labute approximate surface area is 131 Å². The SMILES string of the molecule is O=C(NC1CC2CCC1N2)c1cnc(-c2ccnc(F)c2)s1. The van der Waals surface area contributed by atoms with Crippen molar-refractivity contribution in [3.63, 3.8) is 0 Å². The van der Waals surface area contributed by atoms with E-state index in [0.717, 1.165) is 12.8 Å². The molecule has 0 saturated carbocycles. The van der Waals surface area contributed by atoms with E-state index in [4.69, 9.17) is 0 Å². The summed E-state index contributed by atoms with van der Waals surface area (Å²) in [7, 11) is 0. The first-order valence-corrected chi connectivity index (χ1v) is 8.15. The van der Waals surface area contributed by atoms with Gasteiger partial charge >= 0.3 is 0 Å². The van der Waals surface area contributed by atoms with E-state index < -0.39 is 5.95 Å². The first-order valence-electron chi connectivity index (χ1n) is 7.34. The Kier molecular flexibility index (Phi) is 3.38. The standard InChI is InChI=1S/C15H15FN4OS/c16-13-5-8(3-4-17-13)15-18-7-12(22-15)14(21)20-11-6-9-1-2-10(11)19-9/h3-5,7,9-11,19H,1-2,6H2,(H,20,21). The zero-order valence-corrected chi connectivity index (χ0v) is 12.6. The molecule has 114 valence electrons. The number of amides is 1. The predicted octanol–water partition coefficient (Wildman–Crippen LogP) is 1.97. The fourth-order valence-electron chi connectivity index (χ4n) is 3.27.